The summed E-state index contributed by atoms with van der Waals surface area (Å²) in [6.07, 6.45) is 9.94. The number of hydrogen-bond acceptors (Lipinski definition) is 6. The molecule has 2 aromatic carbocycles. The highest BCUT2D eigenvalue weighted by Gasteiger charge is 2.44. The summed E-state index contributed by atoms with van der Waals surface area (Å²) in [4.78, 5) is 55.3. The Kier molecular flexibility index (Phi) is 10.6. The van der Waals surface area contributed by atoms with Gasteiger partial charge in [0.25, 0.3) is 5.91 Å². The molecule has 0 unspecified atom stereocenters. The zero-order valence-corrected chi connectivity index (χ0v) is 27.8. The summed E-state index contributed by atoms with van der Waals surface area (Å²) in [5.41, 5.74) is 6.12. The minimum absolute atomic E-state index is 0.00738. The molecule has 1 aromatic heterocycles. The highest BCUT2D eigenvalue weighted by Crippen LogP contribution is 2.32. The van der Waals surface area contributed by atoms with E-state index in [9.17, 15) is 19.2 Å². The molecule has 0 spiro atoms. The van der Waals surface area contributed by atoms with Gasteiger partial charge in [0.05, 0.1) is 4.88 Å². The minimum Gasteiger partial charge on any atom is -0.352 e. The van der Waals surface area contributed by atoms with Crippen LogP contribution in [0.25, 0.3) is 10.1 Å². The van der Waals surface area contributed by atoms with Gasteiger partial charge in [-0.15, -0.1) is 11.3 Å². The Morgan fingerprint density at radius 3 is 2.36 bits per heavy atom. The minimum atomic E-state index is -1.09. The maximum atomic E-state index is 14.1. The van der Waals surface area contributed by atoms with Gasteiger partial charge in [0.2, 0.25) is 17.7 Å². The number of hydrogen-bond donors (Lipinski definition) is 5. The summed E-state index contributed by atoms with van der Waals surface area (Å²) in [5.74, 6) is -1.03. The van der Waals surface area contributed by atoms with Crippen molar-refractivity contribution < 1.29 is 19.2 Å². The SMILES string of the molecule is N[C@H]1CCCC[C@@H]1NC(=O)[C@@H]1CCC[C@H](NC(=O)[C@@H](Cc2ccccc2)NC(=O)C2(NC(=O)c3cc4ccccc4s3)CCCC2)C1. The average molecular weight is 658 g/mol. The quantitative estimate of drug-likeness (QED) is 0.214. The summed E-state index contributed by atoms with van der Waals surface area (Å²) in [7, 11) is 0. The second-order valence-electron chi connectivity index (χ2n) is 13.7. The standard InChI is InChI=1S/C37H47N5O4S/c38-28-16-5-6-17-29(28)40-33(43)26-14-10-15-27(22-26)39-34(44)30(21-24-11-2-1-3-12-24)41-36(46)37(19-8-9-20-37)42-35(45)32-23-25-13-4-7-18-31(25)47-32/h1-4,7,11-13,18,23,26-30H,5-6,8-10,14-17,19-22,38H2,(H,39,44)(H,40,43)(H,41,46)(H,42,45)/t26-,27+,28+,29+,30-/m1/s1. The molecule has 47 heavy (non-hydrogen) atoms. The molecular weight excluding hydrogens is 611 g/mol. The summed E-state index contributed by atoms with van der Waals surface area (Å²) in [6.45, 7) is 0. The Hall–Kier alpha value is -3.76. The van der Waals surface area contributed by atoms with Gasteiger partial charge in [-0.05, 0) is 68.0 Å². The third kappa shape index (κ3) is 8.04. The molecule has 6 rings (SSSR count). The molecule has 0 aliphatic heterocycles. The van der Waals surface area contributed by atoms with Gasteiger partial charge in [-0.3, -0.25) is 19.2 Å². The zero-order chi connectivity index (χ0) is 32.8. The fraction of sp³-hybridized carbons (Fsp3) is 0.514. The van der Waals surface area contributed by atoms with Crippen molar-refractivity contribution in [1.82, 2.24) is 21.3 Å². The lowest BCUT2D eigenvalue weighted by Gasteiger charge is -2.34. The van der Waals surface area contributed by atoms with Crippen molar-refractivity contribution in [2.75, 3.05) is 0 Å². The van der Waals surface area contributed by atoms with Crippen LogP contribution in [-0.2, 0) is 20.8 Å². The molecule has 5 atom stereocenters. The van der Waals surface area contributed by atoms with Crippen LogP contribution in [0.5, 0.6) is 0 Å². The Bertz CT molecular complexity index is 1540. The zero-order valence-electron chi connectivity index (χ0n) is 27.0. The van der Waals surface area contributed by atoms with E-state index in [1.165, 1.54) is 11.3 Å². The monoisotopic (exact) mass is 657 g/mol. The second kappa shape index (κ2) is 15.0. The van der Waals surface area contributed by atoms with Crippen LogP contribution in [0, 0.1) is 5.92 Å². The molecule has 3 fully saturated rings. The number of nitrogens with one attached hydrogen (secondary N) is 4. The summed E-state index contributed by atoms with van der Waals surface area (Å²) >= 11 is 1.41. The van der Waals surface area contributed by atoms with E-state index in [0.717, 1.165) is 73.4 Å². The van der Waals surface area contributed by atoms with Crippen molar-refractivity contribution in [3.05, 3.63) is 71.1 Å². The first-order valence-electron chi connectivity index (χ1n) is 17.3. The first-order valence-corrected chi connectivity index (χ1v) is 18.1. The predicted octanol–water partition coefficient (Wildman–Crippen LogP) is 4.73. The van der Waals surface area contributed by atoms with Gasteiger partial charge in [-0.1, -0.05) is 80.6 Å². The lowest BCUT2D eigenvalue weighted by Crippen LogP contribution is -2.61. The number of carbonyl (C=O) groups is 4. The maximum absolute atomic E-state index is 14.1. The molecule has 9 nitrogen and oxygen atoms in total. The van der Waals surface area contributed by atoms with Crippen molar-refractivity contribution in [1.29, 1.82) is 0 Å². The van der Waals surface area contributed by atoms with Crippen molar-refractivity contribution in [3.63, 3.8) is 0 Å². The van der Waals surface area contributed by atoms with E-state index < -0.39 is 11.6 Å². The van der Waals surface area contributed by atoms with Crippen LogP contribution in [0.3, 0.4) is 0 Å². The molecule has 6 N–H and O–H groups in total. The van der Waals surface area contributed by atoms with Gasteiger partial charge < -0.3 is 27.0 Å². The molecule has 1 heterocycles. The van der Waals surface area contributed by atoms with Crippen LogP contribution in [-0.4, -0.2) is 53.3 Å². The number of benzene rings is 2. The third-order valence-electron chi connectivity index (χ3n) is 10.3. The lowest BCUT2D eigenvalue weighted by atomic mass is 9.84. The second-order valence-corrected chi connectivity index (χ2v) is 14.8. The Morgan fingerprint density at radius 2 is 1.60 bits per heavy atom. The molecule has 4 amide bonds. The molecule has 10 heteroatoms. The normalized spacial score (nSPS) is 24.6. The maximum Gasteiger partial charge on any atom is 0.262 e. The number of nitrogens with two attached hydrogens (primary N) is 1. The van der Waals surface area contributed by atoms with E-state index in [4.69, 9.17) is 5.73 Å². The van der Waals surface area contributed by atoms with E-state index in [1.807, 2.05) is 60.7 Å². The Labute approximate surface area is 280 Å². The van der Waals surface area contributed by atoms with Crippen LogP contribution >= 0.6 is 11.3 Å². The molecule has 3 saturated carbocycles. The molecule has 3 aromatic rings. The molecule has 3 aliphatic carbocycles. The first-order chi connectivity index (χ1) is 22.8. The highest BCUT2D eigenvalue weighted by atomic mass is 32.1. The Balaban J connectivity index is 1.13. The molecule has 0 radical (unpaired) electrons. The smallest absolute Gasteiger partial charge is 0.262 e. The van der Waals surface area contributed by atoms with Crippen LogP contribution in [0.15, 0.2) is 60.7 Å². The van der Waals surface area contributed by atoms with Crippen molar-refractivity contribution >= 4 is 45.1 Å². The van der Waals surface area contributed by atoms with Gasteiger partial charge >= 0.3 is 0 Å². The number of fused-ring (bicyclic) bond motifs is 1. The third-order valence-corrected chi connectivity index (χ3v) is 11.5. The molecule has 0 bridgehead atoms. The topological polar surface area (TPSA) is 142 Å². The van der Waals surface area contributed by atoms with E-state index in [0.29, 0.717) is 30.6 Å². The molecule has 0 saturated heterocycles. The van der Waals surface area contributed by atoms with Gasteiger partial charge in [0.1, 0.15) is 11.6 Å². The summed E-state index contributed by atoms with van der Waals surface area (Å²) in [6, 6.07) is 18.3. The summed E-state index contributed by atoms with van der Waals surface area (Å²) in [5, 5.41) is 13.5. The molecule has 3 aliphatic rings. The van der Waals surface area contributed by atoms with Crippen LogP contribution in [0.4, 0.5) is 0 Å². The largest absolute Gasteiger partial charge is 0.352 e. The average Bonchev–Trinajstić information content (AvgIpc) is 3.74. The van der Waals surface area contributed by atoms with Crippen molar-refractivity contribution in [3.8, 4) is 0 Å². The van der Waals surface area contributed by atoms with Crippen LogP contribution in [0.1, 0.15) is 92.3 Å². The van der Waals surface area contributed by atoms with Gasteiger partial charge in [-0.2, -0.15) is 0 Å². The van der Waals surface area contributed by atoms with E-state index >= 15 is 0 Å². The fourth-order valence-corrected chi connectivity index (χ4v) is 8.57. The Morgan fingerprint density at radius 1 is 0.851 bits per heavy atom. The number of carbonyl (C=O) groups excluding carboxylic acids is 4. The van der Waals surface area contributed by atoms with Crippen molar-refractivity contribution in [2.24, 2.45) is 11.7 Å². The molecular formula is C37H47N5O4S. The van der Waals surface area contributed by atoms with E-state index in [1.54, 1.807) is 0 Å². The van der Waals surface area contributed by atoms with Gasteiger partial charge in [0, 0.05) is 35.2 Å². The van der Waals surface area contributed by atoms with Gasteiger partial charge in [-0.25, -0.2) is 0 Å². The number of rotatable bonds is 10. The van der Waals surface area contributed by atoms with E-state index in [2.05, 4.69) is 21.3 Å². The highest BCUT2D eigenvalue weighted by molar-refractivity contribution is 7.20. The predicted molar refractivity (Wildman–Crippen MR) is 185 cm³/mol. The number of amides is 4. The van der Waals surface area contributed by atoms with Crippen molar-refractivity contribution in [2.45, 2.75) is 113 Å². The molecule has 250 valence electrons. The first kappa shape index (κ1) is 33.2. The van der Waals surface area contributed by atoms with Gasteiger partial charge in [0.15, 0.2) is 0 Å². The van der Waals surface area contributed by atoms with Crippen LogP contribution in [0.2, 0.25) is 0 Å². The summed E-state index contributed by atoms with van der Waals surface area (Å²) < 4.78 is 1.02. The van der Waals surface area contributed by atoms with Crippen LogP contribution < -0.4 is 27.0 Å². The lowest BCUT2D eigenvalue weighted by molar-refractivity contribution is -0.133. The van der Waals surface area contributed by atoms with E-state index in [-0.39, 0.29) is 47.7 Å². The number of thiophene rings is 1. The fourth-order valence-electron chi connectivity index (χ4n) is 7.62.